The second-order valence-corrected chi connectivity index (χ2v) is 6.87. The molecular weight excluding hydrogens is 396 g/mol. The third-order valence-corrected chi connectivity index (χ3v) is 4.75. The van der Waals surface area contributed by atoms with E-state index < -0.39 is 5.63 Å². The van der Waals surface area contributed by atoms with Crippen LogP contribution in [0.3, 0.4) is 0 Å². The summed E-state index contributed by atoms with van der Waals surface area (Å²) in [5.74, 6) is -0.336. The quantitative estimate of drug-likeness (QED) is 0.370. The van der Waals surface area contributed by atoms with Crippen LogP contribution in [0, 0.1) is 0 Å². The molecule has 7 heteroatoms. The molecule has 2 N–H and O–H groups in total. The number of rotatable bonds is 2. The van der Waals surface area contributed by atoms with E-state index in [2.05, 4.69) is 10.6 Å². The van der Waals surface area contributed by atoms with Gasteiger partial charge in [-0.1, -0.05) is 35.9 Å². The fourth-order valence-corrected chi connectivity index (χ4v) is 3.40. The molecule has 1 aromatic heterocycles. The monoisotopic (exact) mass is 408 g/mol. The zero-order valence-corrected chi connectivity index (χ0v) is 15.9. The number of amides is 1. The number of carbonyl (C=O) groups excluding carboxylic acids is 1. The van der Waals surface area contributed by atoms with E-state index in [1.807, 2.05) is 12.1 Å². The van der Waals surface area contributed by atoms with Gasteiger partial charge in [0.2, 0.25) is 0 Å². The van der Waals surface area contributed by atoms with Crippen LogP contribution in [0.1, 0.15) is 10.4 Å². The number of nitrogens with one attached hydrogen (secondary N) is 2. The molecule has 0 aliphatic rings. The molecule has 28 heavy (non-hydrogen) atoms. The number of anilines is 1. The Morgan fingerprint density at radius 2 is 1.75 bits per heavy atom. The van der Waals surface area contributed by atoms with Gasteiger partial charge in [0.1, 0.15) is 5.58 Å². The highest BCUT2D eigenvalue weighted by atomic mass is 35.5. The van der Waals surface area contributed by atoms with E-state index in [-0.39, 0.29) is 11.0 Å². The Morgan fingerprint density at radius 1 is 0.964 bits per heavy atom. The van der Waals surface area contributed by atoms with Crippen molar-refractivity contribution in [1.29, 1.82) is 0 Å². The molecule has 3 aromatic carbocycles. The van der Waals surface area contributed by atoms with E-state index in [0.717, 1.165) is 16.2 Å². The van der Waals surface area contributed by atoms with E-state index in [4.69, 9.17) is 28.2 Å². The van der Waals surface area contributed by atoms with Gasteiger partial charge < -0.3 is 9.73 Å². The van der Waals surface area contributed by atoms with Gasteiger partial charge in [-0.15, -0.1) is 0 Å². The number of thiocarbonyl (C=S) groups is 1. The maximum absolute atomic E-state index is 12.7. The van der Waals surface area contributed by atoms with Gasteiger partial charge in [-0.2, -0.15) is 0 Å². The van der Waals surface area contributed by atoms with E-state index in [9.17, 15) is 9.59 Å². The van der Waals surface area contributed by atoms with Crippen LogP contribution in [0.4, 0.5) is 5.69 Å². The lowest BCUT2D eigenvalue weighted by Crippen LogP contribution is -2.34. The predicted octanol–water partition coefficient (Wildman–Crippen LogP) is 4.73. The van der Waals surface area contributed by atoms with Crippen molar-refractivity contribution in [2.45, 2.75) is 0 Å². The lowest BCUT2D eigenvalue weighted by molar-refractivity contribution is 0.0979. The minimum Gasteiger partial charge on any atom is -0.423 e. The van der Waals surface area contributed by atoms with Crippen LogP contribution in [-0.2, 0) is 0 Å². The second-order valence-electron chi connectivity index (χ2n) is 6.06. The van der Waals surface area contributed by atoms with Crippen molar-refractivity contribution < 1.29 is 9.21 Å². The zero-order chi connectivity index (χ0) is 19.7. The molecule has 0 bridgehead atoms. The fourth-order valence-electron chi connectivity index (χ4n) is 2.95. The van der Waals surface area contributed by atoms with Gasteiger partial charge in [0.05, 0.1) is 0 Å². The van der Waals surface area contributed by atoms with Crippen molar-refractivity contribution in [1.82, 2.24) is 5.32 Å². The molecule has 1 heterocycles. The maximum atomic E-state index is 12.7. The Hall–Kier alpha value is -3.22. The smallest absolute Gasteiger partial charge is 0.336 e. The van der Waals surface area contributed by atoms with Crippen LogP contribution in [0.25, 0.3) is 21.7 Å². The van der Waals surface area contributed by atoms with Gasteiger partial charge in [0.25, 0.3) is 5.91 Å². The first-order chi connectivity index (χ1) is 13.5. The van der Waals surface area contributed by atoms with Gasteiger partial charge in [0.15, 0.2) is 5.11 Å². The summed E-state index contributed by atoms with van der Waals surface area (Å²) in [6.45, 7) is 0. The minimum absolute atomic E-state index is 0.153. The lowest BCUT2D eigenvalue weighted by atomic mass is 10.0. The molecular formula is C21H13ClN2O3S. The first-order valence-corrected chi connectivity index (χ1v) is 9.13. The molecule has 0 saturated heterocycles. The van der Waals surface area contributed by atoms with Crippen LogP contribution in [0.2, 0.25) is 5.02 Å². The average molecular weight is 409 g/mol. The van der Waals surface area contributed by atoms with Gasteiger partial charge in [-0.25, -0.2) is 4.79 Å². The Bertz CT molecular complexity index is 1300. The summed E-state index contributed by atoms with van der Waals surface area (Å²) in [7, 11) is 0. The summed E-state index contributed by atoms with van der Waals surface area (Å²) in [6, 6.07) is 18.9. The Kier molecular flexibility index (Phi) is 4.81. The molecule has 0 unspecified atom stereocenters. The van der Waals surface area contributed by atoms with E-state index >= 15 is 0 Å². The summed E-state index contributed by atoms with van der Waals surface area (Å²) in [5, 5.41) is 8.66. The largest absolute Gasteiger partial charge is 0.423 e. The van der Waals surface area contributed by atoms with Crippen molar-refractivity contribution in [2.75, 3.05) is 5.32 Å². The number of hydrogen-bond donors (Lipinski definition) is 2. The van der Waals surface area contributed by atoms with Crippen LogP contribution < -0.4 is 16.3 Å². The molecule has 0 saturated carbocycles. The van der Waals surface area contributed by atoms with Crippen LogP contribution in [0.5, 0.6) is 0 Å². The highest BCUT2D eigenvalue weighted by molar-refractivity contribution is 7.80. The van der Waals surface area contributed by atoms with Crippen molar-refractivity contribution in [2.24, 2.45) is 0 Å². The average Bonchev–Trinajstić information content (AvgIpc) is 2.68. The molecule has 0 spiro atoms. The number of benzene rings is 3. The molecule has 138 valence electrons. The highest BCUT2D eigenvalue weighted by Crippen LogP contribution is 2.26. The SMILES string of the molecule is O=C(NC(=S)Nc1ccc2oc(=O)ccc2c1)c1cccc2c(Cl)cccc12. The summed E-state index contributed by atoms with van der Waals surface area (Å²) < 4.78 is 5.10. The normalized spacial score (nSPS) is 10.8. The Balaban J connectivity index is 1.54. The van der Waals surface area contributed by atoms with Crippen LogP contribution in [0.15, 0.2) is 75.9 Å². The molecule has 0 aliphatic carbocycles. The fraction of sp³-hybridized carbons (Fsp3) is 0. The van der Waals surface area contributed by atoms with Crippen LogP contribution in [-0.4, -0.2) is 11.0 Å². The van der Waals surface area contributed by atoms with Crippen LogP contribution >= 0.6 is 23.8 Å². The molecule has 0 radical (unpaired) electrons. The Labute approximate surface area is 169 Å². The van der Waals surface area contributed by atoms with E-state index in [0.29, 0.717) is 21.9 Å². The first kappa shape index (κ1) is 18.2. The predicted molar refractivity (Wildman–Crippen MR) is 115 cm³/mol. The van der Waals surface area contributed by atoms with E-state index in [1.165, 1.54) is 6.07 Å². The molecule has 4 rings (SSSR count). The van der Waals surface area contributed by atoms with Crippen molar-refractivity contribution >= 4 is 62.3 Å². The molecule has 0 aliphatic heterocycles. The highest BCUT2D eigenvalue weighted by Gasteiger charge is 2.13. The third kappa shape index (κ3) is 3.60. The molecule has 0 atom stereocenters. The van der Waals surface area contributed by atoms with E-state index in [1.54, 1.807) is 48.5 Å². The lowest BCUT2D eigenvalue weighted by Gasteiger charge is -2.12. The topological polar surface area (TPSA) is 71.3 Å². The summed E-state index contributed by atoms with van der Waals surface area (Å²) in [6.07, 6.45) is 0. The van der Waals surface area contributed by atoms with Gasteiger partial charge >= 0.3 is 5.63 Å². The number of fused-ring (bicyclic) bond motifs is 2. The van der Waals surface area contributed by atoms with Gasteiger partial charge in [-0.3, -0.25) is 10.1 Å². The summed E-state index contributed by atoms with van der Waals surface area (Å²) >= 11 is 11.5. The summed E-state index contributed by atoms with van der Waals surface area (Å²) in [5.41, 5.74) is 1.20. The Morgan fingerprint density at radius 3 is 2.61 bits per heavy atom. The van der Waals surface area contributed by atoms with Crippen molar-refractivity contribution in [3.8, 4) is 0 Å². The molecule has 4 aromatic rings. The van der Waals surface area contributed by atoms with Crippen molar-refractivity contribution in [3.05, 3.63) is 87.7 Å². The molecule has 0 fully saturated rings. The minimum atomic E-state index is -0.411. The molecule has 5 nitrogen and oxygen atoms in total. The number of carbonyl (C=O) groups is 1. The van der Waals surface area contributed by atoms with Gasteiger partial charge in [-0.05, 0) is 54.0 Å². The number of hydrogen-bond acceptors (Lipinski definition) is 4. The maximum Gasteiger partial charge on any atom is 0.336 e. The first-order valence-electron chi connectivity index (χ1n) is 8.35. The standard InChI is InChI=1S/C21H13ClN2O3S/c22-17-6-2-3-14-15(17)4-1-5-16(14)20(26)24-21(28)23-13-8-9-18-12(11-13)7-10-19(25)27-18/h1-11H,(H2,23,24,26,28). The molecule has 1 amide bonds. The summed E-state index contributed by atoms with van der Waals surface area (Å²) in [4.78, 5) is 23.9. The van der Waals surface area contributed by atoms with Crippen molar-refractivity contribution in [3.63, 3.8) is 0 Å². The second kappa shape index (κ2) is 7.42. The third-order valence-electron chi connectivity index (χ3n) is 4.22. The zero-order valence-electron chi connectivity index (χ0n) is 14.4. The number of halogens is 1. The van der Waals surface area contributed by atoms with Gasteiger partial charge in [0, 0.05) is 33.1 Å².